The molecule has 0 saturated heterocycles. The Morgan fingerprint density at radius 1 is 1.50 bits per heavy atom. The van der Waals surface area contributed by atoms with Crippen molar-refractivity contribution in [1.29, 1.82) is 5.26 Å². The second kappa shape index (κ2) is 7.92. The van der Waals surface area contributed by atoms with E-state index < -0.39 is 6.04 Å². The van der Waals surface area contributed by atoms with Gasteiger partial charge in [-0.2, -0.15) is 5.26 Å². The van der Waals surface area contributed by atoms with E-state index in [-0.39, 0.29) is 12.3 Å². The first kappa shape index (κ1) is 16.5. The van der Waals surface area contributed by atoms with Crippen LogP contribution < -0.4 is 10.6 Å². The number of nitrogens with zero attached hydrogens (tertiary/aromatic N) is 2. The first-order chi connectivity index (χ1) is 10.7. The van der Waals surface area contributed by atoms with Gasteiger partial charge in [-0.1, -0.05) is 13.0 Å². The van der Waals surface area contributed by atoms with Crippen LogP contribution in [-0.4, -0.2) is 17.4 Å². The summed E-state index contributed by atoms with van der Waals surface area (Å²) in [6.45, 7) is 4.84. The Morgan fingerprint density at radius 3 is 2.91 bits per heavy atom. The molecule has 0 fully saturated rings. The fraction of sp³-hybridized carbons (Fsp3) is 0.400. The van der Waals surface area contributed by atoms with Gasteiger partial charge in [-0.15, -0.1) is 22.7 Å². The highest BCUT2D eigenvalue weighted by atomic mass is 32.1. The minimum Gasteiger partial charge on any atom is -0.362 e. The van der Waals surface area contributed by atoms with Gasteiger partial charge in [0, 0.05) is 16.3 Å². The molecule has 0 radical (unpaired) electrons. The van der Waals surface area contributed by atoms with Crippen molar-refractivity contribution in [2.75, 3.05) is 11.9 Å². The smallest absolute Gasteiger partial charge is 0.226 e. The lowest BCUT2D eigenvalue weighted by Crippen LogP contribution is -2.28. The van der Waals surface area contributed by atoms with Gasteiger partial charge in [0.25, 0.3) is 0 Å². The molecule has 116 valence electrons. The van der Waals surface area contributed by atoms with Crippen LogP contribution in [0.15, 0.2) is 17.5 Å². The number of thiophene rings is 1. The maximum atomic E-state index is 12.2. The molecule has 0 spiro atoms. The van der Waals surface area contributed by atoms with Gasteiger partial charge in [0.05, 0.1) is 18.2 Å². The molecule has 2 rings (SSSR count). The summed E-state index contributed by atoms with van der Waals surface area (Å²) in [5, 5.41) is 17.9. The van der Waals surface area contributed by atoms with E-state index in [9.17, 15) is 10.1 Å². The van der Waals surface area contributed by atoms with Gasteiger partial charge >= 0.3 is 0 Å². The number of hydrogen-bond acceptors (Lipinski definition) is 6. The van der Waals surface area contributed by atoms with Gasteiger partial charge in [0.2, 0.25) is 5.91 Å². The molecule has 0 aliphatic heterocycles. The van der Waals surface area contributed by atoms with Gasteiger partial charge < -0.3 is 10.6 Å². The number of nitrogens with one attached hydrogen (secondary N) is 2. The first-order valence-electron chi connectivity index (χ1n) is 7.12. The number of aromatic nitrogens is 1. The molecule has 0 bridgehead atoms. The molecule has 22 heavy (non-hydrogen) atoms. The summed E-state index contributed by atoms with van der Waals surface area (Å²) in [5.41, 5.74) is 0.945. The molecular weight excluding hydrogens is 316 g/mol. The molecule has 0 aliphatic rings. The van der Waals surface area contributed by atoms with E-state index in [1.165, 1.54) is 22.7 Å². The van der Waals surface area contributed by atoms with Crippen LogP contribution in [0.1, 0.15) is 35.3 Å². The normalized spacial score (nSPS) is 11.7. The summed E-state index contributed by atoms with van der Waals surface area (Å²) in [4.78, 5) is 18.5. The quantitative estimate of drug-likeness (QED) is 0.815. The fourth-order valence-corrected chi connectivity index (χ4v) is 3.84. The van der Waals surface area contributed by atoms with Crippen molar-refractivity contribution in [2.45, 2.75) is 32.7 Å². The topological polar surface area (TPSA) is 77.8 Å². The van der Waals surface area contributed by atoms with Crippen LogP contribution in [0.3, 0.4) is 0 Å². The highest BCUT2D eigenvalue weighted by Crippen LogP contribution is 2.24. The van der Waals surface area contributed by atoms with E-state index in [1.807, 2.05) is 31.4 Å². The largest absolute Gasteiger partial charge is 0.362 e. The maximum absolute atomic E-state index is 12.2. The molecule has 0 aliphatic carbocycles. The molecule has 1 unspecified atom stereocenters. The Bertz CT molecular complexity index is 658. The van der Waals surface area contributed by atoms with Crippen molar-refractivity contribution in [3.63, 3.8) is 0 Å². The van der Waals surface area contributed by atoms with E-state index in [4.69, 9.17) is 0 Å². The van der Waals surface area contributed by atoms with Crippen molar-refractivity contribution in [2.24, 2.45) is 0 Å². The number of aryl methyl sites for hydroxylation is 1. The van der Waals surface area contributed by atoms with Crippen LogP contribution in [0.25, 0.3) is 0 Å². The Kier molecular flexibility index (Phi) is 5.92. The van der Waals surface area contributed by atoms with E-state index in [2.05, 4.69) is 21.7 Å². The van der Waals surface area contributed by atoms with E-state index >= 15 is 0 Å². The summed E-state index contributed by atoms with van der Waals surface area (Å²) in [5.74, 6) is -0.152. The number of carbonyl (C=O) groups excluding carboxylic acids is 1. The number of nitriles is 1. The molecular formula is C15H18N4OS2. The average Bonchev–Trinajstić information content (AvgIpc) is 3.15. The van der Waals surface area contributed by atoms with Crippen LogP contribution in [0.4, 0.5) is 5.13 Å². The lowest BCUT2D eigenvalue weighted by Gasteiger charge is -2.09. The molecule has 7 heteroatoms. The Labute approximate surface area is 138 Å². The van der Waals surface area contributed by atoms with E-state index in [1.54, 1.807) is 0 Å². The van der Waals surface area contributed by atoms with Crippen LogP contribution in [-0.2, 0) is 17.6 Å². The molecule has 2 aromatic rings. The van der Waals surface area contributed by atoms with Crippen LogP contribution in [0.2, 0.25) is 0 Å². The SMILES string of the molecule is CCNc1nc(CC)c(CC(=O)NC(C#N)c2cccs2)s1. The van der Waals surface area contributed by atoms with Gasteiger partial charge in [-0.3, -0.25) is 4.79 Å². The van der Waals surface area contributed by atoms with Gasteiger partial charge in [-0.25, -0.2) is 4.98 Å². The molecule has 1 amide bonds. The van der Waals surface area contributed by atoms with Crippen molar-refractivity contribution in [3.8, 4) is 6.07 Å². The minimum atomic E-state index is -0.585. The molecule has 2 N–H and O–H groups in total. The summed E-state index contributed by atoms with van der Waals surface area (Å²) in [6, 6.07) is 5.27. The average molecular weight is 334 g/mol. The Hall–Kier alpha value is -1.91. The first-order valence-corrected chi connectivity index (χ1v) is 8.82. The minimum absolute atomic E-state index is 0.152. The molecule has 1 atom stereocenters. The van der Waals surface area contributed by atoms with Crippen molar-refractivity contribution >= 4 is 33.7 Å². The maximum Gasteiger partial charge on any atom is 0.226 e. The number of hydrogen-bond donors (Lipinski definition) is 2. The summed E-state index contributed by atoms with van der Waals surface area (Å²) in [6.07, 6.45) is 1.05. The number of rotatable bonds is 7. The van der Waals surface area contributed by atoms with Gasteiger partial charge in [0.1, 0.15) is 0 Å². The number of anilines is 1. The van der Waals surface area contributed by atoms with Gasteiger partial charge in [-0.05, 0) is 24.8 Å². The zero-order valence-electron chi connectivity index (χ0n) is 12.5. The standard InChI is InChI=1S/C15H18N4OS2/c1-3-10-13(22-15(19-10)17-4-2)8-14(20)18-11(9-16)12-6-5-7-21-12/h5-7,11H,3-4,8H2,1-2H3,(H,17,19)(H,18,20). The summed E-state index contributed by atoms with van der Waals surface area (Å²) >= 11 is 2.97. The molecule has 0 saturated carbocycles. The van der Waals surface area contributed by atoms with Crippen LogP contribution in [0, 0.1) is 11.3 Å². The molecule has 2 heterocycles. The van der Waals surface area contributed by atoms with Crippen molar-refractivity contribution < 1.29 is 4.79 Å². The summed E-state index contributed by atoms with van der Waals surface area (Å²) in [7, 11) is 0. The number of carbonyl (C=O) groups is 1. The lowest BCUT2D eigenvalue weighted by atomic mass is 10.2. The Morgan fingerprint density at radius 2 is 2.32 bits per heavy atom. The predicted molar refractivity (Wildman–Crippen MR) is 90.2 cm³/mol. The third-order valence-corrected chi connectivity index (χ3v) is 5.02. The second-order valence-corrected chi connectivity index (χ2v) is 6.66. The molecule has 0 aromatic carbocycles. The van der Waals surface area contributed by atoms with E-state index in [0.29, 0.717) is 0 Å². The molecule has 5 nitrogen and oxygen atoms in total. The molecule has 2 aromatic heterocycles. The number of thiazole rings is 1. The van der Waals surface area contributed by atoms with Crippen molar-refractivity contribution in [3.05, 3.63) is 33.0 Å². The zero-order chi connectivity index (χ0) is 15.9. The lowest BCUT2D eigenvalue weighted by molar-refractivity contribution is -0.120. The highest BCUT2D eigenvalue weighted by molar-refractivity contribution is 7.15. The van der Waals surface area contributed by atoms with E-state index in [0.717, 1.165) is 33.5 Å². The van der Waals surface area contributed by atoms with Crippen LogP contribution >= 0.6 is 22.7 Å². The predicted octanol–water partition coefficient (Wildman–Crippen LogP) is 3.12. The third kappa shape index (κ3) is 4.06. The highest BCUT2D eigenvalue weighted by Gasteiger charge is 2.18. The van der Waals surface area contributed by atoms with Crippen molar-refractivity contribution in [1.82, 2.24) is 10.3 Å². The second-order valence-electron chi connectivity index (χ2n) is 4.59. The van der Waals surface area contributed by atoms with Gasteiger partial charge in [0.15, 0.2) is 11.2 Å². The monoisotopic (exact) mass is 334 g/mol. The summed E-state index contributed by atoms with van der Waals surface area (Å²) < 4.78 is 0. The number of amides is 1. The zero-order valence-corrected chi connectivity index (χ0v) is 14.2. The third-order valence-electron chi connectivity index (χ3n) is 3.02. The Balaban J connectivity index is 2.04. The fourth-order valence-electron chi connectivity index (χ4n) is 2.00. The van der Waals surface area contributed by atoms with Crippen LogP contribution in [0.5, 0.6) is 0 Å².